The summed E-state index contributed by atoms with van der Waals surface area (Å²) < 4.78 is 33.5. The molecule has 2 aliphatic heterocycles. The molecule has 0 N–H and O–H groups in total. The number of ether oxygens (including phenoxy) is 6. The van der Waals surface area contributed by atoms with Gasteiger partial charge in [0.1, 0.15) is 0 Å². The Hall–Kier alpha value is -5.24. The Kier molecular flexibility index (Phi) is 8.36. The van der Waals surface area contributed by atoms with Gasteiger partial charge < -0.3 is 28.4 Å². The van der Waals surface area contributed by atoms with E-state index in [1.54, 1.807) is 32.0 Å². The van der Waals surface area contributed by atoms with Crippen molar-refractivity contribution in [1.82, 2.24) is 4.57 Å². The zero-order valence-corrected chi connectivity index (χ0v) is 25.1. The number of hydrogen-bond donors (Lipinski definition) is 0. The van der Waals surface area contributed by atoms with E-state index in [2.05, 4.69) is 4.99 Å². The van der Waals surface area contributed by atoms with Gasteiger partial charge in [0.05, 0.1) is 28.5 Å². The van der Waals surface area contributed by atoms with Crippen molar-refractivity contribution in [2.24, 2.45) is 4.99 Å². The lowest BCUT2D eigenvalue weighted by Crippen LogP contribution is -2.39. The van der Waals surface area contributed by atoms with Crippen molar-refractivity contribution < 1.29 is 47.6 Å². The van der Waals surface area contributed by atoms with Gasteiger partial charge in [-0.25, -0.2) is 9.79 Å². The number of aromatic nitrogens is 1. The van der Waals surface area contributed by atoms with E-state index in [0.717, 1.165) is 32.1 Å². The monoisotopic (exact) mass is 622 g/mol. The maximum absolute atomic E-state index is 14.0. The fourth-order valence-corrected chi connectivity index (χ4v) is 5.77. The molecule has 0 saturated carbocycles. The van der Waals surface area contributed by atoms with Crippen LogP contribution in [0.4, 0.5) is 0 Å². The van der Waals surface area contributed by atoms with Gasteiger partial charge in [-0.3, -0.25) is 23.7 Å². The first-order valence-electron chi connectivity index (χ1n) is 13.3. The lowest BCUT2D eigenvalue weighted by Gasteiger charge is -2.24. The Morgan fingerprint density at radius 2 is 1.61 bits per heavy atom. The molecule has 228 valence electrons. The molecular weight excluding hydrogens is 596 g/mol. The summed E-state index contributed by atoms with van der Waals surface area (Å²) in [4.78, 5) is 67.5. The van der Waals surface area contributed by atoms with E-state index in [9.17, 15) is 24.0 Å². The van der Waals surface area contributed by atoms with Crippen molar-refractivity contribution in [3.05, 3.63) is 72.4 Å². The predicted molar refractivity (Wildman–Crippen MR) is 153 cm³/mol. The molecule has 1 aromatic heterocycles. The quantitative estimate of drug-likeness (QED) is 0.281. The number of benzene rings is 2. The summed E-state index contributed by atoms with van der Waals surface area (Å²) in [5.41, 5.74) is 0.917. The second-order valence-electron chi connectivity index (χ2n) is 9.54. The molecule has 3 heterocycles. The molecule has 14 heteroatoms. The van der Waals surface area contributed by atoms with Crippen molar-refractivity contribution >= 4 is 41.3 Å². The van der Waals surface area contributed by atoms with E-state index in [4.69, 9.17) is 28.4 Å². The molecule has 0 aliphatic carbocycles. The Balaban J connectivity index is 1.71. The standard InChI is InChI=1S/C30H26N2O11S/c1-6-38-29(37)25-14(2)31-30-32(26(25)19-7-8-20-21(12-19)40-13-39-20)28(36)24(44-30)11-18-9-22(41-15(3)33)27(43-17(5)35)23(10-18)42-16(4)34/h7-12,26H,6,13H2,1-5H3/b24-11-. The van der Waals surface area contributed by atoms with Crippen molar-refractivity contribution in [2.45, 2.75) is 40.7 Å². The molecule has 13 nitrogen and oxygen atoms in total. The van der Waals surface area contributed by atoms with Crippen LogP contribution >= 0.6 is 11.3 Å². The lowest BCUT2D eigenvalue weighted by molar-refractivity contribution is -0.139. The van der Waals surface area contributed by atoms with Gasteiger partial charge in [-0.1, -0.05) is 17.4 Å². The molecule has 0 bridgehead atoms. The van der Waals surface area contributed by atoms with Crippen molar-refractivity contribution in [1.29, 1.82) is 0 Å². The number of esters is 4. The Morgan fingerprint density at radius 1 is 0.977 bits per heavy atom. The molecule has 5 rings (SSSR count). The highest BCUT2D eigenvalue weighted by molar-refractivity contribution is 7.07. The summed E-state index contributed by atoms with van der Waals surface area (Å²) in [6.45, 7) is 6.93. The van der Waals surface area contributed by atoms with Crippen LogP contribution in [-0.2, 0) is 23.9 Å². The smallest absolute Gasteiger partial charge is 0.338 e. The van der Waals surface area contributed by atoms with E-state index in [-0.39, 0.29) is 46.3 Å². The predicted octanol–water partition coefficient (Wildman–Crippen LogP) is 2.30. The van der Waals surface area contributed by atoms with E-state index < -0.39 is 35.5 Å². The molecule has 2 aliphatic rings. The highest BCUT2D eigenvalue weighted by atomic mass is 32.1. The first-order valence-corrected chi connectivity index (χ1v) is 14.1. The SMILES string of the molecule is CCOC(=O)C1=C(C)N=c2s/c(=C\c3cc(OC(C)=O)c(OC(C)=O)c(OC(C)=O)c3)c(=O)n2C1c1ccc2c(c1)OCO2. The highest BCUT2D eigenvalue weighted by Crippen LogP contribution is 2.40. The summed E-state index contributed by atoms with van der Waals surface area (Å²) >= 11 is 1.05. The summed E-state index contributed by atoms with van der Waals surface area (Å²) in [6, 6.07) is 6.94. The molecule has 2 aromatic carbocycles. The minimum atomic E-state index is -0.901. The summed E-state index contributed by atoms with van der Waals surface area (Å²) in [7, 11) is 0. The molecule has 1 unspecified atom stereocenters. The average Bonchev–Trinajstić information content (AvgIpc) is 3.52. The van der Waals surface area contributed by atoms with E-state index >= 15 is 0 Å². The Morgan fingerprint density at radius 3 is 2.23 bits per heavy atom. The third-order valence-electron chi connectivity index (χ3n) is 6.32. The molecule has 3 aromatic rings. The number of fused-ring (bicyclic) bond motifs is 2. The van der Waals surface area contributed by atoms with Gasteiger partial charge in [-0.15, -0.1) is 0 Å². The van der Waals surface area contributed by atoms with Crippen molar-refractivity contribution in [2.75, 3.05) is 13.4 Å². The Bertz CT molecular complexity index is 1900. The molecule has 44 heavy (non-hydrogen) atoms. The van der Waals surface area contributed by atoms with Gasteiger partial charge in [0.25, 0.3) is 5.56 Å². The van der Waals surface area contributed by atoms with Gasteiger partial charge in [-0.2, -0.15) is 0 Å². The van der Waals surface area contributed by atoms with Crippen molar-refractivity contribution in [3.8, 4) is 28.7 Å². The van der Waals surface area contributed by atoms with Crippen LogP contribution in [0, 0.1) is 0 Å². The van der Waals surface area contributed by atoms with Crippen LogP contribution in [0.2, 0.25) is 0 Å². The number of carbonyl (C=O) groups excluding carboxylic acids is 4. The number of allylic oxidation sites excluding steroid dienone is 1. The van der Waals surface area contributed by atoms with Crippen molar-refractivity contribution in [3.63, 3.8) is 0 Å². The van der Waals surface area contributed by atoms with Crippen LogP contribution in [0.5, 0.6) is 28.7 Å². The fourth-order valence-electron chi connectivity index (χ4n) is 4.73. The van der Waals surface area contributed by atoms with Crippen LogP contribution in [0.25, 0.3) is 6.08 Å². The normalized spacial score (nSPS) is 15.3. The van der Waals surface area contributed by atoms with Gasteiger partial charge in [-0.05, 0) is 55.3 Å². The highest BCUT2D eigenvalue weighted by Gasteiger charge is 2.34. The summed E-state index contributed by atoms with van der Waals surface area (Å²) in [5.74, 6) is -2.51. The minimum Gasteiger partial charge on any atom is -0.463 e. The maximum atomic E-state index is 14.0. The molecule has 0 amide bonds. The van der Waals surface area contributed by atoms with Gasteiger partial charge in [0, 0.05) is 20.8 Å². The third kappa shape index (κ3) is 5.97. The number of hydrogen-bond acceptors (Lipinski definition) is 13. The van der Waals surface area contributed by atoms with Crippen LogP contribution < -0.4 is 38.6 Å². The lowest BCUT2D eigenvalue weighted by atomic mass is 9.95. The van der Waals surface area contributed by atoms with E-state index in [1.165, 1.54) is 22.8 Å². The molecule has 0 saturated heterocycles. The second kappa shape index (κ2) is 12.2. The maximum Gasteiger partial charge on any atom is 0.338 e. The molecule has 1 atom stereocenters. The minimum absolute atomic E-state index is 0.0437. The molecule has 0 spiro atoms. The second-order valence-corrected chi connectivity index (χ2v) is 10.6. The number of rotatable bonds is 7. The fraction of sp³-hybridized carbons (Fsp3) is 0.267. The van der Waals surface area contributed by atoms with Gasteiger partial charge in [0.15, 0.2) is 27.8 Å². The zero-order valence-electron chi connectivity index (χ0n) is 24.2. The average molecular weight is 623 g/mol. The molecular formula is C30H26N2O11S. The van der Waals surface area contributed by atoms with Crippen LogP contribution in [0.1, 0.15) is 51.8 Å². The van der Waals surface area contributed by atoms with E-state index in [0.29, 0.717) is 27.6 Å². The number of nitrogens with zero attached hydrogens (tertiary/aromatic N) is 2. The van der Waals surface area contributed by atoms with Gasteiger partial charge in [0.2, 0.25) is 12.5 Å². The molecule has 0 fully saturated rings. The van der Waals surface area contributed by atoms with Crippen LogP contribution in [0.15, 0.2) is 51.4 Å². The topological polar surface area (TPSA) is 158 Å². The zero-order chi connectivity index (χ0) is 31.7. The number of thiazole rings is 1. The number of carbonyl (C=O) groups is 4. The summed E-state index contributed by atoms with van der Waals surface area (Å²) in [6.07, 6.45) is 1.47. The Labute approximate surface area is 253 Å². The van der Waals surface area contributed by atoms with E-state index in [1.807, 2.05) is 0 Å². The van der Waals surface area contributed by atoms with Crippen LogP contribution in [0.3, 0.4) is 0 Å². The first-order chi connectivity index (χ1) is 21.0. The largest absolute Gasteiger partial charge is 0.463 e. The van der Waals surface area contributed by atoms with Gasteiger partial charge >= 0.3 is 23.9 Å². The van der Waals surface area contributed by atoms with Crippen LogP contribution in [-0.4, -0.2) is 41.8 Å². The molecule has 0 radical (unpaired) electrons. The first kappa shape index (κ1) is 30.2. The third-order valence-corrected chi connectivity index (χ3v) is 7.31. The summed E-state index contributed by atoms with van der Waals surface area (Å²) in [5, 5.41) is 0.